The molecule has 7 heteroatoms. The summed E-state index contributed by atoms with van der Waals surface area (Å²) in [5.41, 5.74) is -1.88. The standard InChI is InChI=1S/C8H3F2IN2O2/c9-7(10)6-5(8(14)15)3(1-12)4(11)2-13-6/h2,7H,(H,14,15). The Morgan fingerprint density at radius 1 is 1.67 bits per heavy atom. The lowest BCUT2D eigenvalue weighted by atomic mass is 10.1. The van der Waals surface area contributed by atoms with Crippen molar-refractivity contribution in [1.82, 2.24) is 4.98 Å². The summed E-state index contributed by atoms with van der Waals surface area (Å²) >= 11 is 1.67. The lowest BCUT2D eigenvalue weighted by molar-refractivity contribution is 0.0681. The Morgan fingerprint density at radius 2 is 2.27 bits per heavy atom. The smallest absolute Gasteiger partial charge is 0.339 e. The second-order valence-corrected chi connectivity index (χ2v) is 3.62. The van der Waals surface area contributed by atoms with Gasteiger partial charge in [-0.25, -0.2) is 13.6 Å². The summed E-state index contributed by atoms with van der Waals surface area (Å²) in [5.74, 6) is -1.58. The maximum atomic E-state index is 12.4. The highest BCUT2D eigenvalue weighted by molar-refractivity contribution is 14.1. The number of carboxylic acid groups (broad SMARTS) is 1. The fraction of sp³-hybridized carbons (Fsp3) is 0.125. The molecule has 0 amide bonds. The molecular weight excluding hydrogens is 321 g/mol. The molecule has 0 aliphatic heterocycles. The number of halogens is 3. The van der Waals surface area contributed by atoms with E-state index in [2.05, 4.69) is 4.98 Å². The van der Waals surface area contributed by atoms with Crippen LogP contribution in [0.15, 0.2) is 6.20 Å². The van der Waals surface area contributed by atoms with Crippen LogP contribution in [0.2, 0.25) is 0 Å². The van der Waals surface area contributed by atoms with Gasteiger partial charge in [0.25, 0.3) is 6.43 Å². The number of carboxylic acids is 1. The minimum Gasteiger partial charge on any atom is -0.478 e. The predicted octanol–water partition coefficient (Wildman–Crippen LogP) is 2.19. The molecule has 78 valence electrons. The zero-order valence-corrected chi connectivity index (χ0v) is 9.20. The molecular formula is C8H3F2IN2O2. The van der Waals surface area contributed by atoms with Crippen molar-refractivity contribution in [3.63, 3.8) is 0 Å². The quantitative estimate of drug-likeness (QED) is 0.847. The van der Waals surface area contributed by atoms with Crippen LogP contribution in [-0.2, 0) is 0 Å². The van der Waals surface area contributed by atoms with E-state index in [0.29, 0.717) is 0 Å². The molecule has 1 rings (SSSR count). The van der Waals surface area contributed by atoms with E-state index in [1.807, 2.05) is 0 Å². The van der Waals surface area contributed by atoms with Gasteiger partial charge in [0, 0.05) is 6.20 Å². The number of aromatic carboxylic acids is 1. The van der Waals surface area contributed by atoms with Crippen molar-refractivity contribution in [3.8, 4) is 6.07 Å². The van der Waals surface area contributed by atoms with Gasteiger partial charge < -0.3 is 5.11 Å². The van der Waals surface area contributed by atoms with E-state index >= 15 is 0 Å². The fourth-order valence-electron chi connectivity index (χ4n) is 0.994. The molecule has 1 heterocycles. The molecule has 1 aromatic rings. The molecule has 0 radical (unpaired) electrons. The van der Waals surface area contributed by atoms with E-state index < -0.39 is 23.7 Å². The molecule has 1 aromatic heterocycles. The largest absolute Gasteiger partial charge is 0.478 e. The summed E-state index contributed by atoms with van der Waals surface area (Å²) < 4.78 is 25.0. The molecule has 0 bridgehead atoms. The average Bonchev–Trinajstić information content (AvgIpc) is 2.16. The minimum atomic E-state index is -3.01. The highest BCUT2D eigenvalue weighted by atomic mass is 127. The Morgan fingerprint density at radius 3 is 2.67 bits per heavy atom. The summed E-state index contributed by atoms with van der Waals surface area (Å²) in [4.78, 5) is 14.0. The number of carbonyl (C=O) groups is 1. The van der Waals surface area contributed by atoms with Crippen molar-refractivity contribution in [2.24, 2.45) is 0 Å². The minimum absolute atomic E-state index is 0.233. The fourth-order valence-corrected chi connectivity index (χ4v) is 1.52. The van der Waals surface area contributed by atoms with Crippen LogP contribution in [-0.4, -0.2) is 16.1 Å². The summed E-state index contributed by atoms with van der Waals surface area (Å²) in [6.45, 7) is 0. The predicted molar refractivity (Wildman–Crippen MR) is 53.6 cm³/mol. The summed E-state index contributed by atoms with van der Waals surface area (Å²) in [5, 5.41) is 17.4. The molecule has 0 aliphatic carbocycles. The van der Waals surface area contributed by atoms with Gasteiger partial charge in [-0.15, -0.1) is 0 Å². The summed E-state index contributed by atoms with van der Waals surface area (Å²) in [7, 11) is 0. The van der Waals surface area contributed by atoms with E-state index in [0.717, 1.165) is 6.20 Å². The van der Waals surface area contributed by atoms with E-state index in [9.17, 15) is 13.6 Å². The molecule has 0 aliphatic rings. The Labute approximate surface area is 96.7 Å². The van der Waals surface area contributed by atoms with Crippen LogP contribution < -0.4 is 0 Å². The normalized spacial score (nSPS) is 10.1. The highest BCUT2D eigenvalue weighted by Gasteiger charge is 2.24. The van der Waals surface area contributed by atoms with Crippen molar-refractivity contribution in [1.29, 1.82) is 5.26 Å². The number of nitrogens with zero attached hydrogens (tertiary/aromatic N) is 2. The first-order chi connectivity index (χ1) is 6.99. The van der Waals surface area contributed by atoms with Gasteiger partial charge in [0.2, 0.25) is 0 Å². The van der Waals surface area contributed by atoms with Gasteiger partial charge in [-0.3, -0.25) is 4.98 Å². The van der Waals surface area contributed by atoms with Crippen LogP contribution in [0.25, 0.3) is 0 Å². The number of aromatic nitrogens is 1. The van der Waals surface area contributed by atoms with Gasteiger partial charge in [0.15, 0.2) is 0 Å². The Balaban J connectivity index is 3.58. The Hall–Kier alpha value is -1.30. The lowest BCUT2D eigenvalue weighted by Crippen LogP contribution is -2.10. The molecule has 0 atom stereocenters. The number of hydrogen-bond donors (Lipinski definition) is 1. The number of alkyl halides is 2. The monoisotopic (exact) mass is 324 g/mol. The molecule has 1 N–H and O–H groups in total. The molecule has 4 nitrogen and oxygen atoms in total. The first-order valence-corrected chi connectivity index (χ1v) is 4.66. The van der Waals surface area contributed by atoms with E-state index in [-0.39, 0.29) is 9.13 Å². The highest BCUT2D eigenvalue weighted by Crippen LogP contribution is 2.25. The average molecular weight is 324 g/mol. The van der Waals surface area contributed by atoms with Crippen LogP contribution >= 0.6 is 22.6 Å². The maximum absolute atomic E-state index is 12.4. The van der Waals surface area contributed by atoms with Gasteiger partial charge >= 0.3 is 5.97 Å². The van der Waals surface area contributed by atoms with Crippen LogP contribution in [0.4, 0.5) is 8.78 Å². The first kappa shape index (κ1) is 11.8. The van der Waals surface area contributed by atoms with Gasteiger partial charge in [-0.2, -0.15) is 5.26 Å². The second-order valence-electron chi connectivity index (χ2n) is 2.46. The van der Waals surface area contributed by atoms with Crippen LogP contribution in [0, 0.1) is 14.9 Å². The SMILES string of the molecule is N#Cc1c(I)cnc(C(F)F)c1C(=O)O. The third-order valence-corrected chi connectivity index (χ3v) is 2.41. The third-order valence-electron chi connectivity index (χ3n) is 1.59. The van der Waals surface area contributed by atoms with Crippen molar-refractivity contribution in [2.75, 3.05) is 0 Å². The zero-order chi connectivity index (χ0) is 11.6. The van der Waals surface area contributed by atoms with Gasteiger partial charge in [-0.1, -0.05) is 0 Å². The summed E-state index contributed by atoms with van der Waals surface area (Å²) in [6, 6.07) is 1.58. The lowest BCUT2D eigenvalue weighted by Gasteiger charge is -2.06. The van der Waals surface area contributed by atoms with Crippen LogP contribution in [0.5, 0.6) is 0 Å². The molecule has 0 fully saturated rings. The Kier molecular flexibility index (Phi) is 3.52. The van der Waals surface area contributed by atoms with Crippen molar-refractivity contribution in [3.05, 3.63) is 26.6 Å². The van der Waals surface area contributed by atoms with Gasteiger partial charge in [0.05, 0.1) is 9.13 Å². The Bertz CT molecular complexity index is 457. The van der Waals surface area contributed by atoms with Crippen molar-refractivity contribution >= 4 is 28.6 Å². The second kappa shape index (κ2) is 4.48. The number of pyridine rings is 1. The van der Waals surface area contributed by atoms with Crippen molar-refractivity contribution in [2.45, 2.75) is 6.43 Å². The first-order valence-electron chi connectivity index (χ1n) is 3.59. The van der Waals surface area contributed by atoms with E-state index in [1.165, 1.54) is 0 Å². The molecule has 0 unspecified atom stereocenters. The van der Waals surface area contributed by atoms with E-state index in [1.54, 1.807) is 28.7 Å². The molecule has 0 saturated heterocycles. The van der Waals surface area contributed by atoms with Gasteiger partial charge in [0.1, 0.15) is 17.3 Å². The summed E-state index contributed by atoms with van der Waals surface area (Å²) in [6.07, 6.45) is -1.97. The van der Waals surface area contributed by atoms with Crippen LogP contribution in [0.3, 0.4) is 0 Å². The zero-order valence-electron chi connectivity index (χ0n) is 7.04. The molecule has 0 spiro atoms. The topological polar surface area (TPSA) is 74.0 Å². The number of nitriles is 1. The number of rotatable bonds is 2. The van der Waals surface area contributed by atoms with E-state index in [4.69, 9.17) is 10.4 Å². The van der Waals surface area contributed by atoms with Crippen LogP contribution in [0.1, 0.15) is 28.0 Å². The molecule has 0 aromatic carbocycles. The van der Waals surface area contributed by atoms with Gasteiger partial charge in [-0.05, 0) is 22.6 Å². The molecule has 15 heavy (non-hydrogen) atoms. The third kappa shape index (κ3) is 2.20. The van der Waals surface area contributed by atoms with Crippen molar-refractivity contribution < 1.29 is 18.7 Å². The maximum Gasteiger partial charge on any atom is 0.339 e. The number of hydrogen-bond acceptors (Lipinski definition) is 3. The molecule has 0 saturated carbocycles.